The van der Waals surface area contributed by atoms with Crippen molar-refractivity contribution < 1.29 is 19.4 Å². The molecule has 0 fully saturated rings. The highest BCUT2D eigenvalue weighted by molar-refractivity contribution is 9.09. The molecule has 0 spiro atoms. The topological polar surface area (TPSA) is 55.8 Å². The van der Waals surface area contributed by atoms with Gasteiger partial charge in [-0.15, -0.1) is 0 Å². The first kappa shape index (κ1) is 17.6. The second-order valence-corrected chi connectivity index (χ2v) is 5.33. The second-order valence-electron chi connectivity index (χ2n) is 4.54. The predicted molar refractivity (Wildman–Crippen MR) is 86.9 cm³/mol. The third kappa shape index (κ3) is 7.18. The number of phenolic OH excluding ortho intramolecular Hbond substituents is 1. The number of alkyl halides is 1. The lowest BCUT2D eigenvalue weighted by Crippen LogP contribution is -2.02. The number of ether oxygens (including phenoxy) is 2. The summed E-state index contributed by atoms with van der Waals surface area (Å²) < 4.78 is 10.1. The van der Waals surface area contributed by atoms with Crippen LogP contribution in [-0.2, 0) is 9.53 Å². The molecule has 0 bridgehead atoms. The summed E-state index contributed by atoms with van der Waals surface area (Å²) >= 11 is 3.38. The number of aromatic hydroxyl groups is 1. The summed E-state index contributed by atoms with van der Waals surface area (Å²) in [5.74, 6) is 0.0838. The van der Waals surface area contributed by atoms with Crippen molar-refractivity contribution in [2.75, 3.05) is 19.0 Å². The zero-order valence-electron chi connectivity index (χ0n) is 12.2. The molecule has 1 N–H and O–H groups in total. The SMILES string of the molecule is COc1cc(/C=C/C(=O)OCCCCCCBr)ccc1O. The van der Waals surface area contributed by atoms with Gasteiger partial charge in [0.2, 0.25) is 0 Å². The second kappa shape index (κ2) is 10.3. The average molecular weight is 357 g/mol. The number of hydrogen-bond acceptors (Lipinski definition) is 4. The average Bonchev–Trinajstić information content (AvgIpc) is 2.50. The Hall–Kier alpha value is -1.49. The molecule has 0 amide bonds. The first-order valence-electron chi connectivity index (χ1n) is 6.95. The highest BCUT2D eigenvalue weighted by Crippen LogP contribution is 2.26. The zero-order valence-corrected chi connectivity index (χ0v) is 13.8. The summed E-state index contributed by atoms with van der Waals surface area (Å²) in [5, 5.41) is 10.5. The van der Waals surface area contributed by atoms with Crippen LogP contribution in [0.5, 0.6) is 11.5 Å². The third-order valence-electron chi connectivity index (χ3n) is 2.89. The minimum absolute atomic E-state index is 0.0701. The lowest BCUT2D eigenvalue weighted by Gasteiger charge is -2.04. The number of unbranched alkanes of at least 4 members (excludes halogenated alkanes) is 3. The molecule has 1 aromatic rings. The molecule has 0 radical (unpaired) electrons. The number of methoxy groups -OCH3 is 1. The van der Waals surface area contributed by atoms with Gasteiger partial charge < -0.3 is 14.6 Å². The minimum atomic E-state index is -0.359. The molecule has 0 saturated carbocycles. The number of benzene rings is 1. The largest absolute Gasteiger partial charge is 0.504 e. The highest BCUT2D eigenvalue weighted by Gasteiger charge is 2.01. The van der Waals surface area contributed by atoms with E-state index in [1.54, 1.807) is 18.2 Å². The van der Waals surface area contributed by atoms with Crippen LogP contribution in [0.2, 0.25) is 0 Å². The maximum absolute atomic E-state index is 11.5. The van der Waals surface area contributed by atoms with Gasteiger partial charge in [-0.2, -0.15) is 0 Å². The van der Waals surface area contributed by atoms with E-state index >= 15 is 0 Å². The van der Waals surface area contributed by atoms with Crippen LogP contribution in [0.3, 0.4) is 0 Å². The smallest absolute Gasteiger partial charge is 0.330 e. The molecular formula is C16H21BrO4. The Balaban J connectivity index is 2.33. The Labute approximate surface area is 133 Å². The maximum Gasteiger partial charge on any atom is 0.330 e. The highest BCUT2D eigenvalue weighted by atomic mass is 79.9. The normalized spacial score (nSPS) is 10.8. The van der Waals surface area contributed by atoms with Gasteiger partial charge in [0.15, 0.2) is 11.5 Å². The molecule has 4 nitrogen and oxygen atoms in total. The first-order chi connectivity index (χ1) is 10.2. The third-order valence-corrected chi connectivity index (χ3v) is 3.45. The van der Waals surface area contributed by atoms with E-state index in [2.05, 4.69) is 15.9 Å². The van der Waals surface area contributed by atoms with Crippen molar-refractivity contribution in [2.24, 2.45) is 0 Å². The van der Waals surface area contributed by atoms with Crippen molar-refractivity contribution in [3.05, 3.63) is 29.8 Å². The van der Waals surface area contributed by atoms with Crippen LogP contribution < -0.4 is 4.74 Å². The molecule has 0 unspecified atom stereocenters. The number of carbonyl (C=O) groups is 1. The van der Waals surface area contributed by atoms with Crippen LogP contribution in [-0.4, -0.2) is 30.1 Å². The Morgan fingerprint density at radius 2 is 2.05 bits per heavy atom. The molecule has 1 aromatic carbocycles. The van der Waals surface area contributed by atoms with Crippen LogP contribution in [0, 0.1) is 0 Å². The number of halogens is 1. The summed E-state index contributed by atoms with van der Waals surface area (Å²) in [4.78, 5) is 11.5. The monoisotopic (exact) mass is 356 g/mol. The van der Waals surface area contributed by atoms with E-state index in [9.17, 15) is 9.90 Å². The van der Waals surface area contributed by atoms with Gasteiger partial charge in [-0.1, -0.05) is 34.8 Å². The molecule has 1 rings (SSSR count). The van der Waals surface area contributed by atoms with E-state index in [-0.39, 0.29) is 11.7 Å². The lowest BCUT2D eigenvalue weighted by molar-refractivity contribution is -0.137. The summed E-state index contributed by atoms with van der Waals surface area (Å²) in [7, 11) is 1.48. The molecule has 0 aliphatic heterocycles. The fourth-order valence-corrected chi connectivity index (χ4v) is 2.13. The van der Waals surface area contributed by atoms with Crippen molar-refractivity contribution in [3.63, 3.8) is 0 Å². The Morgan fingerprint density at radius 1 is 1.29 bits per heavy atom. The lowest BCUT2D eigenvalue weighted by atomic mass is 10.2. The van der Waals surface area contributed by atoms with Crippen LogP contribution in [0.25, 0.3) is 6.08 Å². The van der Waals surface area contributed by atoms with Gasteiger partial charge in [0.1, 0.15) is 0 Å². The van der Waals surface area contributed by atoms with Crippen molar-refractivity contribution in [1.82, 2.24) is 0 Å². The Kier molecular flexibility index (Phi) is 8.59. The number of rotatable bonds is 9. The number of carbonyl (C=O) groups excluding carboxylic acids is 1. The van der Waals surface area contributed by atoms with Crippen molar-refractivity contribution in [1.29, 1.82) is 0 Å². The minimum Gasteiger partial charge on any atom is -0.504 e. The molecule has 21 heavy (non-hydrogen) atoms. The molecule has 0 aromatic heterocycles. The van der Waals surface area contributed by atoms with Crippen LogP contribution in [0.4, 0.5) is 0 Å². The molecule has 0 atom stereocenters. The number of hydrogen-bond donors (Lipinski definition) is 1. The maximum atomic E-state index is 11.5. The molecule has 0 aliphatic carbocycles. The molecule has 5 heteroatoms. The molecule has 0 aliphatic rings. The van der Waals surface area contributed by atoms with E-state index < -0.39 is 0 Å². The number of phenols is 1. The fourth-order valence-electron chi connectivity index (χ4n) is 1.73. The zero-order chi connectivity index (χ0) is 15.5. The van der Waals surface area contributed by atoms with Crippen molar-refractivity contribution in [3.8, 4) is 11.5 Å². The van der Waals surface area contributed by atoms with Gasteiger partial charge in [0.25, 0.3) is 0 Å². The summed E-state index contributed by atoms with van der Waals surface area (Å²) in [6.07, 6.45) is 7.26. The summed E-state index contributed by atoms with van der Waals surface area (Å²) in [6, 6.07) is 4.87. The molecule has 116 valence electrons. The van der Waals surface area contributed by atoms with Crippen molar-refractivity contribution in [2.45, 2.75) is 25.7 Å². The quantitative estimate of drug-likeness (QED) is 0.315. The van der Waals surface area contributed by atoms with E-state index in [1.165, 1.54) is 19.3 Å². The van der Waals surface area contributed by atoms with Gasteiger partial charge in [-0.3, -0.25) is 0 Å². The van der Waals surface area contributed by atoms with Crippen molar-refractivity contribution >= 4 is 28.0 Å². The summed E-state index contributed by atoms with van der Waals surface area (Å²) in [5.41, 5.74) is 0.763. The molecule has 0 saturated heterocycles. The number of esters is 1. The fraction of sp³-hybridized carbons (Fsp3) is 0.438. The van der Waals surface area contributed by atoms with Gasteiger partial charge in [0.05, 0.1) is 13.7 Å². The Bertz CT molecular complexity index is 471. The summed E-state index contributed by atoms with van der Waals surface area (Å²) in [6.45, 7) is 0.449. The first-order valence-corrected chi connectivity index (χ1v) is 8.07. The van der Waals surface area contributed by atoms with Crippen LogP contribution in [0.15, 0.2) is 24.3 Å². The van der Waals surface area contributed by atoms with E-state index in [4.69, 9.17) is 9.47 Å². The predicted octanol–water partition coefficient (Wildman–Crippen LogP) is 3.91. The standard InChI is InChI=1S/C16H21BrO4/c1-20-15-12-13(6-8-14(15)18)7-9-16(19)21-11-5-3-2-4-10-17/h6-9,12,18H,2-5,10-11H2,1H3/b9-7+. The van der Waals surface area contributed by atoms with Gasteiger partial charge >= 0.3 is 5.97 Å². The molecule has 0 heterocycles. The van der Waals surface area contributed by atoms with Crippen LogP contribution >= 0.6 is 15.9 Å². The van der Waals surface area contributed by atoms with E-state index in [0.29, 0.717) is 12.4 Å². The van der Waals surface area contributed by atoms with Crippen LogP contribution in [0.1, 0.15) is 31.2 Å². The van der Waals surface area contributed by atoms with E-state index in [1.807, 2.05) is 0 Å². The van der Waals surface area contributed by atoms with Gasteiger partial charge in [-0.25, -0.2) is 4.79 Å². The Morgan fingerprint density at radius 3 is 2.76 bits per heavy atom. The van der Waals surface area contributed by atoms with Gasteiger partial charge in [0, 0.05) is 11.4 Å². The molecular weight excluding hydrogens is 336 g/mol. The van der Waals surface area contributed by atoms with Gasteiger partial charge in [-0.05, 0) is 36.6 Å². The van der Waals surface area contributed by atoms with E-state index in [0.717, 1.165) is 36.6 Å².